The Morgan fingerprint density at radius 3 is 2.03 bits per heavy atom. The van der Waals surface area contributed by atoms with Gasteiger partial charge in [-0.05, 0) is 47.5 Å². The maximum Gasteiger partial charge on any atom is 0.338 e. The van der Waals surface area contributed by atoms with E-state index in [4.69, 9.17) is 16.3 Å². The van der Waals surface area contributed by atoms with E-state index in [-0.39, 0.29) is 21.2 Å². The van der Waals surface area contributed by atoms with E-state index < -0.39 is 22.6 Å². The van der Waals surface area contributed by atoms with Gasteiger partial charge in [0.25, 0.3) is 10.0 Å². The third-order valence-electron chi connectivity index (χ3n) is 4.83. The summed E-state index contributed by atoms with van der Waals surface area (Å²) < 4.78 is 32.7. The summed E-state index contributed by atoms with van der Waals surface area (Å²) in [6.45, 7) is -0.406. The number of halogens is 1. The van der Waals surface area contributed by atoms with E-state index in [0.717, 1.165) is 22.5 Å². The van der Waals surface area contributed by atoms with Crippen LogP contribution in [0.15, 0.2) is 95.2 Å². The molecule has 1 aromatic heterocycles. The summed E-state index contributed by atoms with van der Waals surface area (Å²) in [5, 5.41) is 0. The van der Waals surface area contributed by atoms with Crippen LogP contribution in [-0.2, 0) is 14.8 Å². The van der Waals surface area contributed by atoms with Crippen LogP contribution >= 0.6 is 22.9 Å². The largest absolute Gasteiger partial charge is 0.454 e. The number of ketones is 1. The van der Waals surface area contributed by atoms with E-state index in [0.29, 0.717) is 9.90 Å². The monoisotopic (exact) mass is 511 g/mol. The molecule has 0 aliphatic heterocycles. The lowest BCUT2D eigenvalue weighted by Crippen LogP contribution is -2.14. The number of anilines is 1. The van der Waals surface area contributed by atoms with Crippen LogP contribution in [0.1, 0.15) is 20.7 Å². The molecule has 0 saturated carbocycles. The number of rotatable bonds is 8. The van der Waals surface area contributed by atoms with Gasteiger partial charge in [0.1, 0.15) is 4.21 Å². The first-order valence-electron chi connectivity index (χ1n) is 10.1. The molecule has 0 radical (unpaired) electrons. The third kappa shape index (κ3) is 5.72. The van der Waals surface area contributed by atoms with Crippen LogP contribution in [0.2, 0.25) is 4.34 Å². The van der Waals surface area contributed by atoms with Crippen LogP contribution in [0.25, 0.3) is 11.1 Å². The van der Waals surface area contributed by atoms with Crippen molar-refractivity contribution in [2.75, 3.05) is 11.3 Å². The number of sulfonamides is 1. The van der Waals surface area contributed by atoms with Crippen LogP contribution in [0.3, 0.4) is 0 Å². The summed E-state index contributed by atoms with van der Waals surface area (Å²) in [5.74, 6) is -1.01. The van der Waals surface area contributed by atoms with Crippen molar-refractivity contribution in [2.45, 2.75) is 4.21 Å². The molecule has 4 rings (SSSR count). The van der Waals surface area contributed by atoms with Crippen molar-refractivity contribution in [3.63, 3.8) is 0 Å². The van der Waals surface area contributed by atoms with Crippen molar-refractivity contribution < 1.29 is 22.7 Å². The van der Waals surface area contributed by atoms with Crippen molar-refractivity contribution in [2.24, 2.45) is 0 Å². The van der Waals surface area contributed by atoms with Crippen molar-refractivity contribution in [1.29, 1.82) is 0 Å². The van der Waals surface area contributed by atoms with Gasteiger partial charge in [-0.3, -0.25) is 9.52 Å². The molecule has 0 aliphatic rings. The predicted octanol–water partition coefficient (Wildman–Crippen LogP) is 5.91. The Balaban J connectivity index is 1.33. The first-order valence-corrected chi connectivity index (χ1v) is 12.7. The van der Waals surface area contributed by atoms with Gasteiger partial charge >= 0.3 is 5.97 Å². The van der Waals surface area contributed by atoms with Gasteiger partial charge in [0.2, 0.25) is 0 Å². The fraction of sp³-hybridized carbons (Fsp3) is 0.0400. The molecule has 1 heterocycles. The van der Waals surface area contributed by atoms with Crippen molar-refractivity contribution >= 4 is 50.4 Å². The Morgan fingerprint density at radius 1 is 0.794 bits per heavy atom. The van der Waals surface area contributed by atoms with Crippen LogP contribution in [0.5, 0.6) is 0 Å². The molecular weight excluding hydrogens is 494 g/mol. The number of Topliss-reactive ketones (excluding diaryl/α,β-unsaturated/α-hetero) is 1. The molecule has 34 heavy (non-hydrogen) atoms. The van der Waals surface area contributed by atoms with Gasteiger partial charge in [0.05, 0.1) is 9.90 Å². The zero-order chi connectivity index (χ0) is 24.1. The lowest BCUT2D eigenvalue weighted by atomic mass is 10.0. The molecule has 0 fully saturated rings. The number of benzene rings is 3. The van der Waals surface area contributed by atoms with Crippen molar-refractivity contribution in [1.82, 2.24) is 0 Å². The van der Waals surface area contributed by atoms with E-state index >= 15 is 0 Å². The highest BCUT2D eigenvalue weighted by atomic mass is 35.5. The van der Waals surface area contributed by atoms with E-state index in [1.165, 1.54) is 36.4 Å². The average Bonchev–Trinajstić information content (AvgIpc) is 3.30. The van der Waals surface area contributed by atoms with Gasteiger partial charge < -0.3 is 4.74 Å². The molecule has 9 heteroatoms. The summed E-state index contributed by atoms with van der Waals surface area (Å²) in [5.41, 5.74) is 2.92. The molecule has 0 aliphatic carbocycles. The molecule has 172 valence electrons. The lowest BCUT2D eigenvalue weighted by Gasteiger charge is -2.08. The number of ether oxygens (including phenoxy) is 1. The maximum absolute atomic E-state index is 12.4. The average molecular weight is 512 g/mol. The Labute approximate surface area is 205 Å². The minimum Gasteiger partial charge on any atom is -0.454 e. The van der Waals surface area contributed by atoms with Gasteiger partial charge in [-0.15, -0.1) is 11.3 Å². The molecule has 3 aromatic carbocycles. The molecule has 0 unspecified atom stereocenters. The normalized spacial score (nSPS) is 11.1. The number of carbonyl (C=O) groups excluding carboxylic acids is 2. The number of thiophene rings is 1. The molecule has 0 saturated heterocycles. The highest BCUT2D eigenvalue weighted by Gasteiger charge is 2.17. The molecule has 0 atom stereocenters. The van der Waals surface area contributed by atoms with E-state index in [2.05, 4.69) is 4.72 Å². The van der Waals surface area contributed by atoms with Crippen molar-refractivity contribution in [3.8, 4) is 11.1 Å². The number of hydrogen-bond donors (Lipinski definition) is 1. The van der Waals surface area contributed by atoms with Crippen LogP contribution < -0.4 is 4.72 Å². The zero-order valence-corrected chi connectivity index (χ0v) is 20.0. The summed E-state index contributed by atoms with van der Waals surface area (Å²) in [4.78, 5) is 24.7. The zero-order valence-electron chi connectivity index (χ0n) is 17.6. The maximum atomic E-state index is 12.4. The fourth-order valence-corrected chi connectivity index (χ4v) is 5.64. The van der Waals surface area contributed by atoms with E-state index in [1.54, 1.807) is 12.1 Å². The molecule has 0 amide bonds. The highest BCUT2D eigenvalue weighted by molar-refractivity contribution is 7.94. The lowest BCUT2D eigenvalue weighted by molar-refractivity contribution is 0.0475. The smallest absolute Gasteiger partial charge is 0.338 e. The van der Waals surface area contributed by atoms with Gasteiger partial charge in [-0.1, -0.05) is 66.2 Å². The number of nitrogens with one attached hydrogen (secondary N) is 1. The SMILES string of the molecule is O=C(COC(=O)c1ccc(NS(=O)(=O)c2ccc(Cl)s2)cc1)c1ccc(-c2ccccc2)cc1. The van der Waals surface area contributed by atoms with Crippen LogP contribution in [0, 0.1) is 0 Å². The molecule has 6 nitrogen and oxygen atoms in total. The van der Waals surface area contributed by atoms with Crippen LogP contribution in [0.4, 0.5) is 5.69 Å². The molecule has 0 bridgehead atoms. The Morgan fingerprint density at radius 2 is 1.41 bits per heavy atom. The first-order chi connectivity index (χ1) is 16.3. The Hall–Kier alpha value is -3.46. The summed E-state index contributed by atoms with van der Waals surface area (Å²) in [6.07, 6.45) is 0. The first kappa shape index (κ1) is 23.7. The van der Waals surface area contributed by atoms with Gasteiger partial charge in [0, 0.05) is 11.3 Å². The quantitative estimate of drug-likeness (QED) is 0.234. The molecule has 0 spiro atoms. The third-order valence-corrected chi connectivity index (χ3v) is 7.94. The predicted molar refractivity (Wildman–Crippen MR) is 133 cm³/mol. The summed E-state index contributed by atoms with van der Waals surface area (Å²) in [6, 6.07) is 25.5. The van der Waals surface area contributed by atoms with Gasteiger partial charge in [-0.25, -0.2) is 13.2 Å². The Kier molecular flexibility index (Phi) is 7.12. The molecule has 4 aromatic rings. The van der Waals surface area contributed by atoms with Crippen molar-refractivity contribution in [3.05, 3.63) is 106 Å². The second-order valence-electron chi connectivity index (χ2n) is 7.18. The van der Waals surface area contributed by atoms with Gasteiger partial charge in [0.15, 0.2) is 12.4 Å². The molecular formula is C25H18ClNO5S2. The number of carbonyl (C=O) groups is 2. The highest BCUT2D eigenvalue weighted by Crippen LogP contribution is 2.27. The van der Waals surface area contributed by atoms with Crippen LogP contribution in [-0.4, -0.2) is 26.8 Å². The summed E-state index contributed by atoms with van der Waals surface area (Å²) in [7, 11) is -3.78. The van der Waals surface area contributed by atoms with Gasteiger partial charge in [-0.2, -0.15) is 0 Å². The van der Waals surface area contributed by atoms with E-state index in [9.17, 15) is 18.0 Å². The Bertz CT molecular complexity index is 1410. The minimum atomic E-state index is -3.78. The number of hydrogen-bond acceptors (Lipinski definition) is 6. The molecule has 1 N–H and O–H groups in total. The topological polar surface area (TPSA) is 89.5 Å². The standard InChI is InChI=1S/C25H18ClNO5S2/c26-23-14-15-24(33-23)34(30,31)27-21-12-10-20(11-13-21)25(29)32-16-22(28)19-8-6-18(7-9-19)17-4-2-1-3-5-17/h1-15,27H,16H2. The van der Waals surface area contributed by atoms with E-state index in [1.807, 2.05) is 42.5 Å². The fourth-order valence-electron chi connectivity index (χ4n) is 3.10. The minimum absolute atomic E-state index is 0.0799. The second-order valence-corrected chi connectivity index (χ2v) is 10.8. The number of esters is 1. The second kappa shape index (κ2) is 10.2. The summed E-state index contributed by atoms with van der Waals surface area (Å²) >= 11 is 6.74.